The summed E-state index contributed by atoms with van der Waals surface area (Å²) in [5.74, 6) is 0.873. The van der Waals surface area contributed by atoms with Gasteiger partial charge in [0.25, 0.3) is 0 Å². The molecule has 0 aromatic heterocycles. The lowest BCUT2D eigenvalue weighted by molar-refractivity contribution is -0.126. The third-order valence-electron chi connectivity index (χ3n) is 5.56. The van der Waals surface area contributed by atoms with E-state index in [0.717, 1.165) is 5.56 Å². The molecule has 0 bridgehead atoms. The van der Waals surface area contributed by atoms with Gasteiger partial charge >= 0.3 is 0 Å². The quantitative estimate of drug-likeness (QED) is 0.789. The lowest BCUT2D eigenvalue weighted by atomic mass is 9.97. The van der Waals surface area contributed by atoms with Crippen LogP contribution in [0.5, 0.6) is 11.5 Å². The third kappa shape index (κ3) is 4.29. The molecule has 1 fully saturated rings. The molecular weight excluding hydrogens is 404 g/mol. The Labute approximate surface area is 177 Å². The number of hydrogen-bond acceptors (Lipinski definition) is 5. The van der Waals surface area contributed by atoms with Crippen molar-refractivity contribution in [3.63, 3.8) is 0 Å². The summed E-state index contributed by atoms with van der Waals surface area (Å²) in [7, 11) is -3.60. The summed E-state index contributed by atoms with van der Waals surface area (Å²) in [6.07, 6.45) is 1.32. The standard InChI is InChI=1S/C22H26N2O5S/c1-16(17-9-10-20-21(14-17)29-13-12-28-20)23-22(25)18-6-5-11-24(15-18)30(26,27)19-7-3-2-4-8-19/h2-4,7-10,14,16,18H,5-6,11-13,15H2,1H3,(H,23,25)/t16-,18+/m1/s1. The molecule has 8 heteroatoms. The number of nitrogens with one attached hydrogen (secondary N) is 1. The van der Waals surface area contributed by atoms with Gasteiger partial charge in [0.15, 0.2) is 11.5 Å². The van der Waals surface area contributed by atoms with Gasteiger partial charge in [0.1, 0.15) is 13.2 Å². The van der Waals surface area contributed by atoms with E-state index in [2.05, 4.69) is 5.32 Å². The van der Waals surface area contributed by atoms with Crippen molar-refractivity contribution in [2.75, 3.05) is 26.3 Å². The highest BCUT2D eigenvalue weighted by Crippen LogP contribution is 2.33. The van der Waals surface area contributed by atoms with E-state index in [1.165, 1.54) is 4.31 Å². The van der Waals surface area contributed by atoms with Crippen molar-refractivity contribution in [3.8, 4) is 11.5 Å². The fourth-order valence-electron chi connectivity index (χ4n) is 3.86. The van der Waals surface area contributed by atoms with E-state index in [4.69, 9.17) is 9.47 Å². The summed E-state index contributed by atoms with van der Waals surface area (Å²) in [5, 5.41) is 3.03. The highest BCUT2D eigenvalue weighted by atomic mass is 32.2. The molecule has 0 saturated carbocycles. The molecule has 2 aromatic rings. The highest BCUT2D eigenvalue weighted by Gasteiger charge is 2.33. The monoisotopic (exact) mass is 430 g/mol. The number of hydrogen-bond donors (Lipinski definition) is 1. The van der Waals surface area contributed by atoms with Crippen molar-refractivity contribution in [1.82, 2.24) is 9.62 Å². The number of nitrogens with zero attached hydrogens (tertiary/aromatic N) is 1. The van der Waals surface area contributed by atoms with Crippen molar-refractivity contribution in [1.29, 1.82) is 0 Å². The molecule has 1 amide bonds. The SMILES string of the molecule is C[C@@H](NC(=O)[C@H]1CCCN(S(=O)(=O)c2ccccc2)C1)c1ccc2c(c1)OCCO2. The number of benzene rings is 2. The van der Waals surface area contributed by atoms with Gasteiger partial charge in [-0.05, 0) is 49.6 Å². The Hall–Kier alpha value is -2.58. The summed E-state index contributed by atoms with van der Waals surface area (Å²) in [6, 6.07) is 13.8. The van der Waals surface area contributed by atoms with Gasteiger partial charge in [0.05, 0.1) is 16.9 Å². The van der Waals surface area contributed by atoms with Crippen molar-refractivity contribution in [2.45, 2.75) is 30.7 Å². The van der Waals surface area contributed by atoms with Gasteiger partial charge in [0.2, 0.25) is 15.9 Å². The predicted molar refractivity (Wildman–Crippen MR) is 112 cm³/mol. The fourth-order valence-corrected chi connectivity index (χ4v) is 5.40. The summed E-state index contributed by atoms with van der Waals surface area (Å²) in [6.45, 7) is 3.56. The third-order valence-corrected chi connectivity index (χ3v) is 7.44. The van der Waals surface area contributed by atoms with Crippen LogP contribution in [-0.2, 0) is 14.8 Å². The van der Waals surface area contributed by atoms with Crippen LogP contribution in [0.4, 0.5) is 0 Å². The van der Waals surface area contributed by atoms with Crippen LogP contribution < -0.4 is 14.8 Å². The van der Waals surface area contributed by atoms with E-state index >= 15 is 0 Å². The molecule has 0 unspecified atom stereocenters. The number of sulfonamides is 1. The average Bonchev–Trinajstić information content (AvgIpc) is 2.79. The maximum absolute atomic E-state index is 12.9. The van der Waals surface area contributed by atoms with Crippen LogP contribution >= 0.6 is 0 Å². The number of ether oxygens (including phenoxy) is 2. The second-order valence-electron chi connectivity index (χ2n) is 7.65. The predicted octanol–water partition coefficient (Wildman–Crippen LogP) is 2.74. The van der Waals surface area contributed by atoms with Crippen LogP contribution in [-0.4, -0.2) is 44.9 Å². The number of piperidine rings is 1. The Morgan fingerprint density at radius 1 is 1.10 bits per heavy atom. The van der Waals surface area contributed by atoms with Gasteiger partial charge in [-0.15, -0.1) is 0 Å². The van der Waals surface area contributed by atoms with Crippen LogP contribution in [0.2, 0.25) is 0 Å². The summed E-state index contributed by atoms with van der Waals surface area (Å²) in [5.41, 5.74) is 0.914. The minimum Gasteiger partial charge on any atom is -0.486 e. The normalized spacial score (nSPS) is 20.4. The van der Waals surface area contributed by atoms with E-state index in [1.54, 1.807) is 30.3 Å². The fraction of sp³-hybridized carbons (Fsp3) is 0.409. The lowest BCUT2D eigenvalue weighted by Crippen LogP contribution is -2.45. The van der Waals surface area contributed by atoms with Crippen molar-refractivity contribution >= 4 is 15.9 Å². The largest absolute Gasteiger partial charge is 0.486 e. The Balaban J connectivity index is 1.42. The number of rotatable bonds is 5. The van der Waals surface area contributed by atoms with Crippen molar-refractivity contribution in [2.24, 2.45) is 5.92 Å². The van der Waals surface area contributed by atoms with Crippen LogP contribution in [0.1, 0.15) is 31.4 Å². The first-order chi connectivity index (χ1) is 14.4. The number of carbonyl (C=O) groups is 1. The van der Waals surface area contributed by atoms with Crippen LogP contribution in [0.3, 0.4) is 0 Å². The van der Waals surface area contributed by atoms with Gasteiger partial charge in [0, 0.05) is 13.1 Å². The second kappa shape index (κ2) is 8.65. The molecule has 2 aromatic carbocycles. The molecule has 30 heavy (non-hydrogen) atoms. The Morgan fingerprint density at radius 3 is 2.60 bits per heavy atom. The van der Waals surface area contributed by atoms with Gasteiger partial charge in [-0.25, -0.2) is 8.42 Å². The summed E-state index contributed by atoms with van der Waals surface area (Å²) in [4.78, 5) is 13.2. The number of fused-ring (bicyclic) bond motifs is 1. The van der Waals surface area contributed by atoms with E-state index in [-0.39, 0.29) is 29.3 Å². The zero-order valence-corrected chi connectivity index (χ0v) is 17.7. The Kier molecular flexibility index (Phi) is 5.97. The molecule has 1 saturated heterocycles. The van der Waals surface area contributed by atoms with E-state index < -0.39 is 10.0 Å². The molecule has 4 rings (SSSR count). The maximum Gasteiger partial charge on any atom is 0.243 e. The molecule has 160 valence electrons. The molecule has 1 N–H and O–H groups in total. The average molecular weight is 431 g/mol. The van der Waals surface area contributed by atoms with Gasteiger partial charge in [-0.1, -0.05) is 24.3 Å². The molecule has 0 aliphatic carbocycles. The molecular formula is C22H26N2O5S. The first kappa shape index (κ1) is 20.7. The van der Waals surface area contributed by atoms with Crippen molar-refractivity contribution < 1.29 is 22.7 Å². The number of carbonyl (C=O) groups excluding carboxylic acids is 1. The molecule has 0 spiro atoms. The van der Waals surface area contributed by atoms with E-state index in [0.29, 0.717) is 44.1 Å². The van der Waals surface area contributed by atoms with Gasteiger partial charge in [-0.2, -0.15) is 4.31 Å². The minimum atomic E-state index is -3.60. The minimum absolute atomic E-state index is 0.134. The molecule has 2 heterocycles. The highest BCUT2D eigenvalue weighted by molar-refractivity contribution is 7.89. The smallest absolute Gasteiger partial charge is 0.243 e. The maximum atomic E-state index is 12.9. The first-order valence-electron chi connectivity index (χ1n) is 10.2. The molecule has 0 radical (unpaired) electrons. The van der Waals surface area contributed by atoms with E-state index in [9.17, 15) is 13.2 Å². The summed E-state index contributed by atoms with van der Waals surface area (Å²) >= 11 is 0. The molecule has 2 aliphatic heterocycles. The Bertz CT molecular complexity index is 1010. The molecule has 2 atom stereocenters. The molecule has 7 nitrogen and oxygen atoms in total. The summed E-state index contributed by atoms with van der Waals surface area (Å²) < 4.78 is 38.4. The zero-order chi connectivity index (χ0) is 21.1. The first-order valence-corrected chi connectivity index (χ1v) is 11.6. The van der Waals surface area contributed by atoms with Gasteiger partial charge < -0.3 is 14.8 Å². The topological polar surface area (TPSA) is 84.9 Å². The van der Waals surface area contributed by atoms with Gasteiger partial charge in [-0.3, -0.25) is 4.79 Å². The molecule has 2 aliphatic rings. The number of amides is 1. The Morgan fingerprint density at radius 2 is 1.83 bits per heavy atom. The zero-order valence-electron chi connectivity index (χ0n) is 16.9. The second-order valence-corrected chi connectivity index (χ2v) is 9.59. The van der Waals surface area contributed by atoms with E-state index in [1.807, 2.05) is 25.1 Å². The van der Waals surface area contributed by atoms with Crippen LogP contribution in [0.25, 0.3) is 0 Å². The van der Waals surface area contributed by atoms with Crippen molar-refractivity contribution in [3.05, 3.63) is 54.1 Å². The van der Waals surface area contributed by atoms with Crippen LogP contribution in [0, 0.1) is 5.92 Å². The lowest BCUT2D eigenvalue weighted by Gasteiger charge is -2.32. The van der Waals surface area contributed by atoms with Crippen LogP contribution in [0.15, 0.2) is 53.4 Å².